The van der Waals surface area contributed by atoms with Crippen LogP contribution in [0.25, 0.3) is 28.0 Å². The number of rotatable bonds is 5. The molecule has 2 aromatic rings. The van der Waals surface area contributed by atoms with Crippen molar-refractivity contribution in [2.24, 2.45) is 5.73 Å². The fraction of sp³-hybridized carbons (Fsp3) is 0.167. The minimum absolute atomic E-state index is 0.105. The topological polar surface area (TPSA) is 95.8 Å². The van der Waals surface area contributed by atoms with Gasteiger partial charge in [-0.2, -0.15) is 5.10 Å². The Morgan fingerprint density at radius 2 is 2.07 bits per heavy atom. The molecule has 1 aliphatic carbocycles. The first-order valence-corrected chi connectivity index (χ1v) is 10.1. The first-order valence-electron chi connectivity index (χ1n) is 10.1. The summed E-state index contributed by atoms with van der Waals surface area (Å²) in [6.07, 6.45) is 6.25. The van der Waals surface area contributed by atoms with Gasteiger partial charge in [-0.1, -0.05) is 42.5 Å². The van der Waals surface area contributed by atoms with Gasteiger partial charge in [0.1, 0.15) is 0 Å². The molecule has 0 radical (unpaired) electrons. The molecule has 1 amide bonds. The van der Waals surface area contributed by atoms with E-state index < -0.39 is 0 Å². The maximum absolute atomic E-state index is 13.2. The summed E-state index contributed by atoms with van der Waals surface area (Å²) >= 11 is 0. The van der Waals surface area contributed by atoms with Crippen LogP contribution in [0.4, 0.5) is 0 Å². The second-order valence-corrected chi connectivity index (χ2v) is 7.61. The number of carbonyl (C=O) groups is 1. The Kier molecular flexibility index (Phi) is 4.69. The molecular weight excluding hydrogens is 374 g/mol. The second-order valence-electron chi connectivity index (χ2n) is 7.61. The van der Waals surface area contributed by atoms with E-state index in [2.05, 4.69) is 45.1 Å². The maximum Gasteiger partial charge on any atom is 0.251 e. The Morgan fingerprint density at radius 1 is 1.20 bits per heavy atom. The summed E-state index contributed by atoms with van der Waals surface area (Å²) in [5, 5.41) is 16.0. The second kappa shape index (κ2) is 7.65. The average molecular weight is 397 g/mol. The molecule has 2 aliphatic heterocycles. The van der Waals surface area contributed by atoms with Crippen LogP contribution < -0.4 is 16.4 Å². The minimum atomic E-state index is -0.158. The highest BCUT2D eigenvalue weighted by Gasteiger charge is 2.25. The number of nitrogens with zero attached hydrogens (tertiary/aromatic N) is 1. The summed E-state index contributed by atoms with van der Waals surface area (Å²) in [7, 11) is 0. The summed E-state index contributed by atoms with van der Waals surface area (Å²) in [4.78, 5) is 13.2. The van der Waals surface area contributed by atoms with Crippen molar-refractivity contribution >= 4 is 22.8 Å². The fourth-order valence-corrected chi connectivity index (χ4v) is 4.27. The molecule has 2 heterocycles. The van der Waals surface area contributed by atoms with Crippen LogP contribution in [0.1, 0.15) is 27.2 Å². The van der Waals surface area contributed by atoms with Gasteiger partial charge in [-0.3, -0.25) is 9.89 Å². The Balaban J connectivity index is 1.43. The molecular formula is C24H23N5O. The number of hydrogen-bond acceptors (Lipinski definition) is 4. The Labute approximate surface area is 174 Å². The molecule has 1 atom stereocenters. The first-order chi connectivity index (χ1) is 14.7. The van der Waals surface area contributed by atoms with Crippen LogP contribution in [0.15, 0.2) is 60.9 Å². The van der Waals surface area contributed by atoms with Gasteiger partial charge in [0.2, 0.25) is 0 Å². The van der Waals surface area contributed by atoms with Crippen molar-refractivity contribution in [3.05, 3.63) is 83.3 Å². The largest absolute Gasteiger partial charge is 0.387 e. The van der Waals surface area contributed by atoms with Gasteiger partial charge in [0.05, 0.1) is 11.9 Å². The van der Waals surface area contributed by atoms with Crippen molar-refractivity contribution in [3.63, 3.8) is 0 Å². The molecule has 0 fully saturated rings. The Morgan fingerprint density at radius 3 is 2.97 bits per heavy atom. The lowest BCUT2D eigenvalue weighted by Gasteiger charge is -2.18. The van der Waals surface area contributed by atoms with Crippen LogP contribution in [0, 0.1) is 0 Å². The van der Waals surface area contributed by atoms with Crippen molar-refractivity contribution in [1.82, 2.24) is 20.8 Å². The van der Waals surface area contributed by atoms with Crippen molar-refractivity contribution in [3.8, 4) is 11.1 Å². The highest BCUT2D eigenvalue weighted by atomic mass is 16.1. The maximum atomic E-state index is 13.2. The molecule has 0 saturated carbocycles. The van der Waals surface area contributed by atoms with Crippen LogP contribution >= 0.6 is 0 Å². The van der Waals surface area contributed by atoms with Gasteiger partial charge in [-0.15, -0.1) is 0 Å². The average Bonchev–Trinajstić information content (AvgIpc) is 3.01. The zero-order valence-electron chi connectivity index (χ0n) is 16.5. The fourth-order valence-electron chi connectivity index (χ4n) is 4.27. The molecule has 0 aromatic heterocycles. The predicted molar refractivity (Wildman–Crippen MR) is 119 cm³/mol. The van der Waals surface area contributed by atoms with Gasteiger partial charge in [0.25, 0.3) is 5.91 Å². The lowest BCUT2D eigenvalue weighted by molar-refractivity contribution is 0.0937. The number of nitrogens with two attached hydrogens (primary N) is 1. The van der Waals surface area contributed by atoms with E-state index in [1.165, 1.54) is 16.3 Å². The quantitative estimate of drug-likeness (QED) is 0.416. The number of nitrogens with one attached hydrogen (secondary N) is 3. The van der Waals surface area contributed by atoms with E-state index in [0.717, 1.165) is 22.4 Å². The van der Waals surface area contributed by atoms with Gasteiger partial charge in [-0.25, -0.2) is 0 Å². The van der Waals surface area contributed by atoms with Gasteiger partial charge in [-0.05, 0) is 46.7 Å². The lowest BCUT2D eigenvalue weighted by atomic mass is 9.98. The van der Waals surface area contributed by atoms with Crippen molar-refractivity contribution in [1.29, 1.82) is 0 Å². The smallest absolute Gasteiger partial charge is 0.251 e. The summed E-state index contributed by atoms with van der Waals surface area (Å²) < 4.78 is 0. The molecule has 6 nitrogen and oxygen atoms in total. The normalized spacial score (nSPS) is 13.8. The predicted octanol–water partition coefficient (Wildman–Crippen LogP) is 3.04. The third kappa shape index (κ3) is 3.21. The minimum Gasteiger partial charge on any atom is -0.387 e. The Hall–Kier alpha value is -3.64. The molecule has 30 heavy (non-hydrogen) atoms. The van der Waals surface area contributed by atoms with Crippen molar-refractivity contribution in [2.75, 3.05) is 6.54 Å². The molecule has 3 aliphatic rings. The van der Waals surface area contributed by atoms with E-state index in [-0.39, 0.29) is 11.9 Å². The van der Waals surface area contributed by atoms with Gasteiger partial charge >= 0.3 is 0 Å². The van der Waals surface area contributed by atoms with Crippen molar-refractivity contribution in [2.45, 2.75) is 19.0 Å². The van der Waals surface area contributed by atoms with E-state index in [0.29, 0.717) is 25.1 Å². The number of fused-ring (bicyclic) bond motifs is 1. The summed E-state index contributed by atoms with van der Waals surface area (Å²) in [5.74, 6) is -0.105. The highest BCUT2D eigenvalue weighted by Crippen LogP contribution is 2.35. The lowest BCUT2D eigenvalue weighted by Crippen LogP contribution is -2.42. The summed E-state index contributed by atoms with van der Waals surface area (Å²) in [6.45, 7) is 0.954. The zero-order chi connectivity index (χ0) is 20.5. The highest BCUT2D eigenvalue weighted by molar-refractivity contribution is 6.01. The monoisotopic (exact) mass is 397 g/mol. The third-order valence-electron chi connectivity index (χ3n) is 5.73. The zero-order valence-corrected chi connectivity index (χ0v) is 16.5. The van der Waals surface area contributed by atoms with E-state index in [9.17, 15) is 4.79 Å². The van der Waals surface area contributed by atoms with Crippen LogP contribution in [0.2, 0.25) is 0 Å². The summed E-state index contributed by atoms with van der Waals surface area (Å²) in [6, 6.07) is 16.3. The van der Waals surface area contributed by atoms with Crippen LogP contribution in [0.5, 0.6) is 0 Å². The van der Waals surface area contributed by atoms with Gasteiger partial charge in [0, 0.05) is 35.8 Å². The number of H-pyrrole nitrogens is 1. The number of aromatic amines is 1. The van der Waals surface area contributed by atoms with Crippen LogP contribution in [-0.4, -0.2) is 28.7 Å². The standard InChI is InChI=1S/C24H23N5O/c25-12-18(10-16-6-3-5-15-4-1-2-7-19(15)16)28-24(30)20-11-17-13-27-29-22-8-9-26-14-21(20)23(17)22/h1-9,11,13,18,26,29H,10,12,14,25H2,(H,28,30)/t18-/m0/s1. The molecule has 0 saturated heterocycles. The molecule has 0 bridgehead atoms. The molecule has 2 aromatic carbocycles. The number of aromatic nitrogens is 2. The molecule has 5 rings (SSSR count). The number of hydrogen-bond donors (Lipinski definition) is 4. The third-order valence-corrected chi connectivity index (χ3v) is 5.73. The number of amides is 1. The molecule has 6 heteroatoms. The molecule has 5 N–H and O–H groups in total. The molecule has 0 unspecified atom stereocenters. The van der Waals surface area contributed by atoms with E-state index in [1.807, 2.05) is 36.5 Å². The number of carbonyl (C=O) groups excluding carboxylic acids is 1. The first kappa shape index (κ1) is 18.4. The van der Waals surface area contributed by atoms with Gasteiger partial charge < -0.3 is 16.4 Å². The van der Waals surface area contributed by atoms with E-state index in [4.69, 9.17) is 5.73 Å². The Bertz CT molecular complexity index is 1220. The van der Waals surface area contributed by atoms with Gasteiger partial charge in [0.15, 0.2) is 0 Å². The molecule has 0 spiro atoms. The summed E-state index contributed by atoms with van der Waals surface area (Å²) in [5.41, 5.74) is 11.8. The van der Waals surface area contributed by atoms with E-state index in [1.54, 1.807) is 6.20 Å². The van der Waals surface area contributed by atoms with E-state index >= 15 is 0 Å². The molecule has 150 valence electrons. The SMILES string of the molecule is NC[C@H](Cc1cccc2ccccc12)NC(=O)c1cc2cn[nH]c3c-2c1CNC=C3. The van der Waals surface area contributed by atoms with Crippen molar-refractivity contribution < 1.29 is 4.79 Å². The number of benzene rings is 2. The van der Waals surface area contributed by atoms with Crippen LogP contribution in [-0.2, 0) is 13.0 Å². The van der Waals surface area contributed by atoms with Crippen LogP contribution in [0.3, 0.4) is 0 Å².